The molecule has 0 spiro atoms. The van der Waals surface area contributed by atoms with E-state index in [1.165, 1.54) is 0 Å². The Morgan fingerprint density at radius 3 is 2.50 bits per heavy atom. The molecule has 0 aromatic heterocycles. The van der Waals surface area contributed by atoms with Crippen LogP contribution in [0.1, 0.15) is 11.6 Å². The summed E-state index contributed by atoms with van der Waals surface area (Å²) in [5.41, 5.74) is 0.849. The third-order valence-electron chi connectivity index (χ3n) is 1.80. The number of nitrogens with two attached hydrogens (primary N) is 1. The van der Waals surface area contributed by atoms with Crippen molar-refractivity contribution in [3.8, 4) is 5.75 Å². The summed E-state index contributed by atoms with van der Waals surface area (Å²) in [6, 6.07) is 2.09. The van der Waals surface area contributed by atoms with Gasteiger partial charge < -0.3 is 10.8 Å². The summed E-state index contributed by atoms with van der Waals surface area (Å²) in [6.07, 6.45) is 0. The zero-order valence-corrected chi connectivity index (χ0v) is 8.78. The lowest BCUT2D eigenvalue weighted by Crippen LogP contribution is -2.12. The molecule has 0 heterocycles. The van der Waals surface area contributed by atoms with Gasteiger partial charge in [0.25, 0.3) is 0 Å². The molecule has 7 heteroatoms. The second-order valence-corrected chi connectivity index (χ2v) is 4.17. The number of hydrogen-bond acceptors (Lipinski definition) is 3. The number of rotatable bonds is 3. The van der Waals surface area contributed by atoms with Crippen LogP contribution in [0.3, 0.4) is 0 Å². The van der Waals surface area contributed by atoms with E-state index in [1.54, 1.807) is 0 Å². The lowest BCUT2D eigenvalue weighted by Gasteiger charge is -2.12. The van der Waals surface area contributed by atoms with Gasteiger partial charge in [-0.1, -0.05) is 0 Å². The van der Waals surface area contributed by atoms with Crippen LogP contribution in [0.2, 0.25) is 0 Å². The van der Waals surface area contributed by atoms with Crippen molar-refractivity contribution in [3.05, 3.63) is 23.8 Å². The smallest absolute Gasteiger partial charge is 0.446 e. The summed E-state index contributed by atoms with van der Waals surface area (Å²) in [5.74, 6) is -0.309. The molecule has 1 atom stereocenters. The molecule has 0 aliphatic rings. The molecule has 1 rings (SSSR count). The van der Waals surface area contributed by atoms with Crippen molar-refractivity contribution in [2.45, 2.75) is 16.4 Å². The zero-order chi connectivity index (χ0) is 12.3. The summed E-state index contributed by atoms with van der Waals surface area (Å²) in [7, 11) is 0. The van der Waals surface area contributed by atoms with Gasteiger partial charge in [-0.05, 0) is 30.0 Å². The average Bonchev–Trinajstić information content (AvgIpc) is 2.18. The van der Waals surface area contributed by atoms with Crippen LogP contribution in [0.4, 0.5) is 17.6 Å². The molecular weight excluding hydrogens is 246 g/mol. The predicted molar refractivity (Wildman–Crippen MR) is 52.9 cm³/mol. The minimum atomic E-state index is -4.42. The minimum absolute atomic E-state index is 0.0308. The Morgan fingerprint density at radius 2 is 2.00 bits per heavy atom. The third-order valence-corrected chi connectivity index (χ3v) is 2.52. The highest BCUT2D eigenvalue weighted by Gasteiger charge is 2.29. The molecule has 0 amide bonds. The zero-order valence-electron chi connectivity index (χ0n) is 7.96. The maximum Gasteiger partial charge on any atom is 0.446 e. The Morgan fingerprint density at radius 1 is 1.38 bits per heavy atom. The Balaban J connectivity index is 2.98. The topological polar surface area (TPSA) is 46.2 Å². The number of phenolic OH excluding ortho intramolecular Hbond substituents is 1. The highest BCUT2D eigenvalue weighted by Crippen LogP contribution is 2.39. The predicted octanol–water partition coefficient (Wildman–Crippen LogP) is 2.97. The van der Waals surface area contributed by atoms with Gasteiger partial charge in [-0.25, -0.2) is 4.39 Å². The molecule has 0 saturated carbocycles. The number of phenols is 1. The van der Waals surface area contributed by atoms with E-state index in [1.807, 2.05) is 0 Å². The Labute approximate surface area is 93.4 Å². The van der Waals surface area contributed by atoms with Crippen LogP contribution in [-0.4, -0.2) is 17.3 Å². The van der Waals surface area contributed by atoms with E-state index in [4.69, 9.17) is 5.73 Å². The maximum absolute atomic E-state index is 12.3. The number of alkyl halides is 4. The van der Waals surface area contributed by atoms with E-state index in [0.29, 0.717) is 0 Å². The SMILES string of the molecule is N[C@@H](CF)c1cc(SC(F)(F)F)ccc1O. The van der Waals surface area contributed by atoms with Gasteiger partial charge in [0.05, 0.1) is 6.04 Å². The van der Waals surface area contributed by atoms with Crippen LogP contribution in [0.25, 0.3) is 0 Å². The first kappa shape index (κ1) is 13.1. The van der Waals surface area contributed by atoms with Crippen molar-refractivity contribution in [1.82, 2.24) is 0 Å². The van der Waals surface area contributed by atoms with Crippen molar-refractivity contribution in [3.63, 3.8) is 0 Å². The minimum Gasteiger partial charge on any atom is -0.508 e. The van der Waals surface area contributed by atoms with Crippen LogP contribution in [0.5, 0.6) is 5.75 Å². The number of benzene rings is 1. The number of halogens is 4. The van der Waals surface area contributed by atoms with Gasteiger partial charge in [0, 0.05) is 10.5 Å². The normalized spacial score (nSPS) is 13.8. The lowest BCUT2D eigenvalue weighted by molar-refractivity contribution is -0.0328. The summed E-state index contributed by atoms with van der Waals surface area (Å²) < 4.78 is 48.4. The first-order valence-corrected chi connectivity index (χ1v) is 5.05. The van der Waals surface area contributed by atoms with Crippen molar-refractivity contribution in [2.24, 2.45) is 5.73 Å². The fourth-order valence-corrected chi connectivity index (χ4v) is 1.70. The van der Waals surface area contributed by atoms with Crippen molar-refractivity contribution in [1.29, 1.82) is 0 Å². The average molecular weight is 255 g/mol. The van der Waals surface area contributed by atoms with Crippen LogP contribution >= 0.6 is 11.8 Å². The molecule has 0 unspecified atom stereocenters. The molecule has 3 N–H and O–H groups in total. The molecule has 1 aromatic rings. The van der Waals surface area contributed by atoms with Crippen molar-refractivity contribution < 1.29 is 22.7 Å². The van der Waals surface area contributed by atoms with E-state index in [2.05, 4.69) is 0 Å². The number of hydrogen-bond donors (Lipinski definition) is 2. The largest absolute Gasteiger partial charge is 0.508 e. The molecule has 0 aliphatic heterocycles. The van der Waals surface area contributed by atoms with Gasteiger partial charge in [-0.3, -0.25) is 0 Å². The van der Waals surface area contributed by atoms with Crippen molar-refractivity contribution in [2.75, 3.05) is 6.67 Å². The quantitative estimate of drug-likeness (QED) is 0.644. The Bertz CT molecular complexity index is 369. The standard InChI is InChI=1S/C9H9F4NOS/c10-4-7(14)6-3-5(1-2-8(6)15)16-9(11,12)13/h1-3,7,15H,4,14H2/t7-/m0/s1. The number of thioether (sulfide) groups is 1. The van der Waals surface area contributed by atoms with E-state index >= 15 is 0 Å². The molecular formula is C9H9F4NOS. The first-order valence-electron chi connectivity index (χ1n) is 4.23. The highest BCUT2D eigenvalue weighted by molar-refractivity contribution is 8.00. The lowest BCUT2D eigenvalue weighted by atomic mass is 10.1. The molecule has 2 nitrogen and oxygen atoms in total. The fraction of sp³-hybridized carbons (Fsp3) is 0.333. The van der Waals surface area contributed by atoms with Gasteiger partial charge >= 0.3 is 5.51 Å². The number of aromatic hydroxyl groups is 1. The summed E-state index contributed by atoms with van der Waals surface area (Å²) >= 11 is -0.338. The monoisotopic (exact) mass is 255 g/mol. The second-order valence-electron chi connectivity index (χ2n) is 3.03. The van der Waals surface area contributed by atoms with Crippen LogP contribution in [0, 0.1) is 0 Å². The van der Waals surface area contributed by atoms with E-state index in [9.17, 15) is 22.7 Å². The molecule has 0 fully saturated rings. The fourth-order valence-electron chi connectivity index (χ4n) is 1.11. The van der Waals surface area contributed by atoms with Gasteiger partial charge in [0.1, 0.15) is 12.4 Å². The van der Waals surface area contributed by atoms with Gasteiger partial charge in [0.15, 0.2) is 0 Å². The van der Waals surface area contributed by atoms with E-state index in [-0.39, 0.29) is 28.0 Å². The molecule has 0 saturated heterocycles. The van der Waals surface area contributed by atoms with Crippen LogP contribution in [0.15, 0.2) is 23.1 Å². The molecule has 90 valence electrons. The highest BCUT2D eigenvalue weighted by atomic mass is 32.2. The van der Waals surface area contributed by atoms with Gasteiger partial charge in [-0.15, -0.1) is 0 Å². The maximum atomic E-state index is 12.3. The molecule has 0 aliphatic carbocycles. The summed E-state index contributed by atoms with van der Waals surface area (Å²) in [5, 5.41) is 9.30. The molecule has 0 bridgehead atoms. The van der Waals surface area contributed by atoms with E-state index < -0.39 is 18.2 Å². The van der Waals surface area contributed by atoms with Crippen LogP contribution in [-0.2, 0) is 0 Å². The molecule has 1 aromatic carbocycles. The van der Waals surface area contributed by atoms with Crippen molar-refractivity contribution >= 4 is 11.8 Å². The molecule has 0 radical (unpaired) electrons. The van der Waals surface area contributed by atoms with E-state index in [0.717, 1.165) is 18.2 Å². The van der Waals surface area contributed by atoms with Crippen LogP contribution < -0.4 is 5.73 Å². The first-order chi connectivity index (χ1) is 7.33. The Hall–Kier alpha value is -0.950. The Kier molecular flexibility index (Phi) is 4.03. The second kappa shape index (κ2) is 4.92. The summed E-state index contributed by atoms with van der Waals surface area (Å²) in [4.78, 5) is -0.135. The van der Waals surface area contributed by atoms with Gasteiger partial charge in [-0.2, -0.15) is 13.2 Å². The summed E-state index contributed by atoms with van der Waals surface area (Å²) in [6.45, 7) is -0.951. The molecule has 16 heavy (non-hydrogen) atoms. The van der Waals surface area contributed by atoms with Gasteiger partial charge in [0.2, 0.25) is 0 Å². The third kappa shape index (κ3) is 3.57.